The van der Waals surface area contributed by atoms with Crippen molar-refractivity contribution in [1.29, 1.82) is 0 Å². The summed E-state index contributed by atoms with van der Waals surface area (Å²) < 4.78 is 23.9. The number of nitrogens with zero attached hydrogens (tertiary/aromatic N) is 1. The molecule has 0 aliphatic heterocycles. The van der Waals surface area contributed by atoms with Crippen molar-refractivity contribution in [3.63, 3.8) is 0 Å². The van der Waals surface area contributed by atoms with E-state index in [1.807, 2.05) is 6.92 Å². The number of aryl methyl sites for hydroxylation is 1. The number of H-pyrrole nitrogens is 1. The smallest absolute Gasteiger partial charge is 0.273 e. The van der Waals surface area contributed by atoms with Gasteiger partial charge in [0.05, 0.1) is 17.6 Å². The lowest BCUT2D eigenvalue weighted by molar-refractivity contribution is 0.0950. The van der Waals surface area contributed by atoms with Crippen LogP contribution in [0.25, 0.3) is 0 Å². The maximum atomic E-state index is 11.8. The first-order valence-electron chi connectivity index (χ1n) is 5.90. The molecule has 5 N–H and O–H groups in total. The van der Waals surface area contributed by atoms with Gasteiger partial charge in [-0.2, -0.15) is 5.10 Å². The minimum atomic E-state index is -3.25. The molecule has 1 heterocycles. The van der Waals surface area contributed by atoms with Crippen LogP contribution in [0.3, 0.4) is 0 Å². The van der Waals surface area contributed by atoms with Gasteiger partial charge in [-0.3, -0.25) is 9.89 Å². The number of nitrogens with two attached hydrogens (primary N) is 1. The van der Waals surface area contributed by atoms with Gasteiger partial charge in [0.15, 0.2) is 5.69 Å². The Kier molecular flexibility index (Phi) is 5.31. The maximum Gasteiger partial charge on any atom is 0.273 e. The van der Waals surface area contributed by atoms with E-state index in [1.54, 1.807) is 0 Å². The molecule has 0 aromatic carbocycles. The monoisotopic (exact) mass is 289 g/mol. The molecule has 0 saturated carbocycles. The molecular formula is C10H19N5O3S. The summed E-state index contributed by atoms with van der Waals surface area (Å²) in [6.07, 6.45) is 2.67. The lowest BCUT2D eigenvalue weighted by Gasteiger charge is -2.04. The number of nitrogens with one attached hydrogen (secondary N) is 3. The fraction of sp³-hybridized carbons (Fsp3) is 0.600. The van der Waals surface area contributed by atoms with Crippen molar-refractivity contribution in [3.05, 3.63) is 11.4 Å². The Morgan fingerprint density at radius 1 is 1.42 bits per heavy atom. The van der Waals surface area contributed by atoms with Crippen molar-refractivity contribution in [2.45, 2.75) is 19.8 Å². The van der Waals surface area contributed by atoms with E-state index >= 15 is 0 Å². The van der Waals surface area contributed by atoms with Gasteiger partial charge in [0.1, 0.15) is 0 Å². The molecule has 0 bridgehead atoms. The minimum Gasteiger partial charge on any atom is -0.395 e. The number of nitrogen functional groups attached to an aromatic ring is 1. The Morgan fingerprint density at radius 2 is 2.11 bits per heavy atom. The molecule has 0 unspecified atom stereocenters. The van der Waals surface area contributed by atoms with Crippen molar-refractivity contribution in [2.75, 3.05) is 25.1 Å². The Hall–Kier alpha value is -1.61. The highest BCUT2D eigenvalue weighted by molar-refractivity contribution is 7.88. The molecule has 0 atom stereocenters. The Bertz CT molecular complexity index is 537. The number of amides is 1. The summed E-state index contributed by atoms with van der Waals surface area (Å²) in [6, 6.07) is 0. The molecule has 1 amide bonds. The molecule has 0 fully saturated rings. The number of rotatable bonds is 7. The second kappa shape index (κ2) is 6.53. The first-order chi connectivity index (χ1) is 8.85. The molecule has 0 aliphatic rings. The quantitative estimate of drug-likeness (QED) is 0.489. The summed E-state index contributed by atoms with van der Waals surface area (Å²) in [5.41, 5.74) is 7.02. The first kappa shape index (κ1) is 15.4. The number of carbonyl (C=O) groups excluding carboxylic acids is 1. The Balaban J connectivity index is 2.50. The number of aromatic amines is 1. The Morgan fingerprint density at radius 3 is 2.68 bits per heavy atom. The van der Waals surface area contributed by atoms with E-state index in [9.17, 15) is 13.2 Å². The van der Waals surface area contributed by atoms with E-state index in [2.05, 4.69) is 20.2 Å². The van der Waals surface area contributed by atoms with E-state index in [0.29, 0.717) is 5.69 Å². The van der Waals surface area contributed by atoms with Gasteiger partial charge >= 0.3 is 0 Å². The molecule has 108 valence electrons. The number of aromatic nitrogens is 2. The highest BCUT2D eigenvalue weighted by Crippen LogP contribution is 2.15. The van der Waals surface area contributed by atoms with Gasteiger partial charge in [-0.1, -0.05) is 13.3 Å². The van der Waals surface area contributed by atoms with Crippen molar-refractivity contribution in [2.24, 2.45) is 0 Å². The van der Waals surface area contributed by atoms with Gasteiger partial charge in [-0.25, -0.2) is 13.1 Å². The number of hydrogen-bond acceptors (Lipinski definition) is 5. The summed E-state index contributed by atoms with van der Waals surface area (Å²) in [5, 5.41) is 9.12. The summed E-state index contributed by atoms with van der Waals surface area (Å²) in [7, 11) is -3.25. The molecular weight excluding hydrogens is 270 g/mol. The molecule has 19 heavy (non-hydrogen) atoms. The Labute approximate surface area is 112 Å². The summed E-state index contributed by atoms with van der Waals surface area (Å²) >= 11 is 0. The fourth-order valence-corrected chi connectivity index (χ4v) is 1.97. The molecule has 8 nitrogen and oxygen atoms in total. The van der Waals surface area contributed by atoms with Crippen LogP contribution < -0.4 is 15.8 Å². The molecule has 0 saturated heterocycles. The van der Waals surface area contributed by atoms with Gasteiger partial charge in [-0.15, -0.1) is 0 Å². The van der Waals surface area contributed by atoms with Crippen LogP contribution in [0.15, 0.2) is 0 Å². The van der Waals surface area contributed by atoms with Crippen molar-refractivity contribution < 1.29 is 13.2 Å². The van der Waals surface area contributed by atoms with Gasteiger partial charge < -0.3 is 11.1 Å². The van der Waals surface area contributed by atoms with Crippen molar-refractivity contribution in [1.82, 2.24) is 20.2 Å². The van der Waals surface area contributed by atoms with Crippen LogP contribution in [-0.4, -0.2) is 43.9 Å². The third-order valence-corrected chi connectivity index (χ3v) is 3.10. The topological polar surface area (TPSA) is 130 Å². The second-order valence-corrected chi connectivity index (χ2v) is 5.97. The zero-order chi connectivity index (χ0) is 14.5. The van der Waals surface area contributed by atoms with Gasteiger partial charge in [0, 0.05) is 13.1 Å². The molecule has 0 radical (unpaired) electrons. The maximum absolute atomic E-state index is 11.8. The SMILES string of the molecule is CCCc1[nH]nc(C(=O)NCCNS(C)(=O)=O)c1N. The molecule has 9 heteroatoms. The van der Waals surface area contributed by atoms with E-state index in [4.69, 9.17) is 5.73 Å². The van der Waals surface area contributed by atoms with E-state index < -0.39 is 15.9 Å². The molecule has 1 rings (SSSR count). The summed E-state index contributed by atoms with van der Waals surface area (Å²) in [4.78, 5) is 11.8. The third-order valence-electron chi connectivity index (χ3n) is 2.37. The van der Waals surface area contributed by atoms with Crippen LogP contribution in [0.1, 0.15) is 29.5 Å². The fourth-order valence-electron chi connectivity index (χ4n) is 1.50. The van der Waals surface area contributed by atoms with Crippen LogP contribution in [-0.2, 0) is 16.4 Å². The average molecular weight is 289 g/mol. The van der Waals surface area contributed by atoms with Gasteiger partial charge in [0.25, 0.3) is 5.91 Å². The molecule has 0 spiro atoms. The van der Waals surface area contributed by atoms with E-state index in [1.165, 1.54) is 0 Å². The van der Waals surface area contributed by atoms with Crippen LogP contribution in [0.2, 0.25) is 0 Å². The van der Waals surface area contributed by atoms with Crippen LogP contribution >= 0.6 is 0 Å². The lowest BCUT2D eigenvalue weighted by Crippen LogP contribution is -2.34. The van der Waals surface area contributed by atoms with Crippen LogP contribution in [0, 0.1) is 0 Å². The number of anilines is 1. The molecule has 1 aromatic heterocycles. The average Bonchev–Trinajstić information content (AvgIpc) is 2.66. The summed E-state index contributed by atoms with van der Waals surface area (Å²) in [6.45, 7) is 2.29. The predicted molar refractivity (Wildman–Crippen MR) is 72.2 cm³/mol. The second-order valence-electron chi connectivity index (χ2n) is 4.14. The zero-order valence-electron chi connectivity index (χ0n) is 11.0. The minimum absolute atomic E-state index is 0.122. The van der Waals surface area contributed by atoms with Crippen LogP contribution in [0.4, 0.5) is 5.69 Å². The van der Waals surface area contributed by atoms with E-state index in [-0.39, 0.29) is 18.8 Å². The lowest BCUT2D eigenvalue weighted by atomic mass is 10.2. The van der Waals surface area contributed by atoms with Crippen molar-refractivity contribution >= 4 is 21.6 Å². The zero-order valence-corrected chi connectivity index (χ0v) is 11.8. The highest BCUT2D eigenvalue weighted by atomic mass is 32.2. The standard InChI is InChI=1S/C10H19N5O3S/c1-3-4-7-8(11)9(15-14-7)10(16)12-5-6-13-19(2,17)18/h13H,3-6,11H2,1-2H3,(H,12,16)(H,14,15). The van der Waals surface area contributed by atoms with Crippen LogP contribution in [0.5, 0.6) is 0 Å². The number of sulfonamides is 1. The summed E-state index contributed by atoms with van der Waals surface area (Å²) in [5.74, 6) is -0.425. The predicted octanol–water partition coefficient (Wildman–Crippen LogP) is -0.777. The highest BCUT2D eigenvalue weighted by Gasteiger charge is 2.16. The normalized spacial score (nSPS) is 11.5. The number of carbonyl (C=O) groups is 1. The van der Waals surface area contributed by atoms with Gasteiger partial charge in [0.2, 0.25) is 10.0 Å². The van der Waals surface area contributed by atoms with E-state index in [0.717, 1.165) is 24.8 Å². The third kappa shape index (κ3) is 4.87. The number of hydrogen-bond donors (Lipinski definition) is 4. The first-order valence-corrected chi connectivity index (χ1v) is 7.79. The molecule has 1 aromatic rings. The molecule has 0 aliphatic carbocycles. The van der Waals surface area contributed by atoms with Crippen molar-refractivity contribution in [3.8, 4) is 0 Å². The largest absolute Gasteiger partial charge is 0.395 e. The van der Waals surface area contributed by atoms with Gasteiger partial charge in [-0.05, 0) is 6.42 Å².